The van der Waals surface area contributed by atoms with Gasteiger partial charge in [-0.25, -0.2) is 0 Å². The maximum Gasteiger partial charge on any atom is 0.255 e. The SMILES string of the molecule is CC(C)(C)c1ccc(C(=O)Nc2ccc3nncn3c2)cc1. The third-order valence-electron chi connectivity index (χ3n) is 3.56. The smallest absolute Gasteiger partial charge is 0.255 e. The van der Waals surface area contributed by atoms with Crippen LogP contribution in [0.15, 0.2) is 48.9 Å². The highest BCUT2D eigenvalue weighted by molar-refractivity contribution is 6.04. The van der Waals surface area contributed by atoms with Crippen LogP contribution < -0.4 is 5.32 Å². The predicted octanol–water partition coefficient (Wildman–Crippen LogP) is 3.28. The molecule has 5 heteroatoms. The molecule has 0 saturated carbocycles. The minimum Gasteiger partial charge on any atom is -0.321 e. The summed E-state index contributed by atoms with van der Waals surface area (Å²) in [5, 5.41) is 10.6. The normalized spacial score (nSPS) is 11.6. The van der Waals surface area contributed by atoms with E-state index >= 15 is 0 Å². The third-order valence-corrected chi connectivity index (χ3v) is 3.56. The quantitative estimate of drug-likeness (QED) is 0.789. The second-order valence-electron chi connectivity index (χ2n) is 6.30. The van der Waals surface area contributed by atoms with Crippen LogP contribution in [0.3, 0.4) is 0 Å². The number of carbonyl (C=O) groups is 1. The first-order chi connectivity index (χ1) is 10.4. The summed E-state index contributed by atoms with van der Waals surface area (Å²) in [6.45, 7) is 6.45. The van der Waals surface area contributed by atoms with E-state index in [1.54, 1.807) is 16.9 Å². The molecule has 0 spiro atoms. The van der Waals surface area contributed by atoms with E-state index in [0.717, 1.165) is 5.65 Å². The number of pyridine rings is 1. The molecule has 1 aromatic carbocycles. The monoisotopic (exact) mass is 294 g/mol. The first kappa shape index (κ1) is 14.3. The lowest BCUT2D eigenvalue weighted by Crippen LogP contribution is -2.14. The second kappa shape index (κ2) is 5.26. The topological polar surface area (TPSA) is 59.3 Å². The third kappa shape index (κ3) is 2.83. The van der Waals surface area contributed by atoms with Crippen LogP contribution in [0, 0.1) is 0 Å². The molecule has 5 nitrogen and oxygen atoms in total. The molecule has 0 aliphatic carbocycles. The Morgan fingerprint density at radius 1 is 1.09 bits per heavy atom. The fourth-order valence-corrected chi connectivity index (χ4v) is 2.23. The summed E-state index contributed by atoms with van der Waals surface area (Å²) < 4.78 is 1.76. The Bertz CT molecular complexity index is 813. The zero-order chi connectivity index (χ0) is 15.7. The Labute approximate surface area is 129 Å². The van der Waals surface area contributed by atoms with Crippen molar-refractivity contribution in [3.8, 4) is 0 Å². The van der Waals surface area contributed by atoms with E-state index in [1.807, 2.05) is 36.4 Å². The summed E-state index contributed by atoms with van der Waals surface area (Å²) in [4.78, 5) is 12.3. The van der Waals surface area contributed by atoms with Gasteiger partial charge in [0.1, 0.15) is 6.33 Å². The van der Waals surface area contributed by atoms with Gasteiger partial charge in [-0.15, -0.1) is 10.2 Å². The zero-order valence-electron chi connectivity index (χ0n) is 12.9. The lowest BCUT2D eigenvalue weighted by Gasteiger charge is -2.19. The Balaban J connectivity index is 1.78. The van der Waals surface area contributed by atoms with Gasteiger partial charge >= 0.3 is 0 Å². The molecule has 1 N–H and O–H groups in total. The number of aromatic nitrogens is 3. The van der Waals surface area contributed by atoms with Crippen LogP contribution in [0.1, 0.15) is 36.7 Å². The molecule has 2 heterocycles. The maximum atomic E-state index is 12.3. The number of fused-ring (bicyclic) bond motifs is 1. The molecule has 112 valence electrons. The van der Waals surface area contributed by atoms with Gasteiger partial charge in [-0.2, -0.15) is 0 Å². The summed E-state index contributed by atoms with van der Waals surface area (Å²) in [6.07, 6.45) is 3.39. The summed E-state index contributed by atoms with van der Waals surface area (Å²) in [5.74, 6) is -0.132. The number of anilines is 1. The van der Waals surface area contributed by atoms with Crippen LogP contribution >= 0.6 is 0 Å². The van der Waals surface area contributed by atoms with Crippen molar-refractivity contribution in [1.82, 2.24) is 14.6 Å². The van der Waals surface area contributed by atoms with Crippen molar-refractivity contribution in [2.24, 2.45) is 0 Å². The summed E-state index contributed by atoms with van der Waals surface area (Å²) in [7, 11) is 0. The lowest BCUT2D eigenvalue weighted by molar-refractivity contribution is 0.102. The Morgan fingerprint density at radius 3 is 2.50 bits per heavy atom. The Morgan fingerprint density at radius 2 is 1.82 bits per heavy atom. The highest BCUT2D eigenvalue weighted by Crippen LogP contribution is 2.22. The van der Waals surface area contributed by atoms with Crippen molar-refractivity contribution in [2.75, 3.05) is 5.32 Å². The molecular formula is C17H18N4O. The van der Waals surface area contributed by atoms with Gasteiger partial charge in [0.05, 0.1) is 5.69 Å². The van der Waals surface area contributed by atoms with E-state index in [4.69, 9.17) is 0 Å². The average Bonchev–Trinajstić information content (AvgIpc) is 2.94. The molecule has 0 saturated heterocycles. The van der Waals surface area contributed by atoms with E-state index in [0.29, 0.717) is 11.3 Å². The van der Waals surface area contributed by atoms with Gasteiger partial charge in [-0.1, -0.05) is 32.9 Å². The molecule has 3 rings (SSSR count). The van der Waals surface area contributed by atoms with Crippen molar-refractivity contribution in [3.05, 3.63) is 60.0 Å². The molecule has 0 unspecified atom stereocenters. The summed E-state index contributed by atoms with van der Waals surface area (Å²) in [6, 6.07) is 11.3. The zero-order valence-corrected chi connectivity index (χ0v) is 12.9. The van der Waals surface area contributed by atoms with Crippen molar-refractivity contribution >= 4 is 17.2 Å². The van der Waals surface area contributed by atoms with Gasteiger partial charge in [-0.3, -0.25) is 9.20 Å². The van der Waals surface area contributed by atoms with E-state index in [2.05, 4.69) is 36.3 Å². The first-order valence-electron chi connectivity index (χ1n) is 7.15. The number of hydrogen-bond acceptors (Lipinski definition) is 3. The number of carbonyl (C=O) groups excluding carboxylic acids is 1. The van der Waals surface area contributed by atoms with Gasteiger partial charge < -0.3 is 5.32 Å². The van der Waals surface area contributed by atoms with Crippen molar-refractivity contribution < 1.29 is 4.79 Å². The second-order valence-corrected chi connectivity index (χ2v) is 6.30. The van der Waals surface area contributed by atoms with Crippen molar-refractivity contribution in [1.29, 1.82) is 0 Å². The molecule has 0 aliphatic heterocycles. The molecule has 2 aromatic heterocycles. The first-order valence-corrected chi connectivity index (χ1v) is 7.15. The molecule has 0 radical (unpaired) electrons. The van der Waals surface area contributed by atoms with Crippen LogP contribution in [-0.2, 0) is 5.41 Å². The number of benzene rings is 1. The lowest BCUT2D eigenvalue weighted by atomic mass is 9.87. The molecule has 0 atom stereocenters. The minimum atomic E-state index is -0.132. The Kier molecular flexibility index (Phi) is 3.41. The van der Waals surface area contributed by atoms with E-state index in [9.17, 15) is 4.79 Å². The van der Waals surface area contributed by atoms with Crippen LogP contribution in [0.25, 0.3) is 5.65 Å². The predicted molar refractivity (Wildman–Crippen MR) is 86.1 cm³/mol. The highest BCUT2D eigenvalue weighted by Gasteiger charge is 2.14. The van der Waals surface area contributed by atoms with E-state index < -0.39 is 0 Å². The standard InChI is InChI=1S/C17H18N4O/c1-17(2,3)13-6-4-12(5-7-13)16(22)19-14-8-9-15-20-18-11-21(15)10-14/h4-11H,1-3H3,(H,19,22). The van der Waals surface area contributed by atoms with E-state index in [1.165, 1.54) is 5.56 Å². The molecule has 1 amide bonds. The number of nitrogens with one attached hydrogen (secondary N) is 1. The maximum absolute atomic E-state index is 12.3. The average molecular weight is 294 g/mol. The molecule has 0 fully saturated rings. The fraction of sp³-hybridized carbons (Fsp3) is 0.235. The molecular weight excluding hydrogens is 276 g/mol. The largest absolute Gasteiger partial charge is 0.321 e. The number of amides is 1. The summed E-state index contributed by atoms with van der Waals surface area (Å²) >= 11 is 0. The molecule has 22 heavy (non-hydrogen) atoms. The molecule has 3 aromatic rings. The fourth-order valence-electron chi connectivity index (χ4n) is 2.23. The van der Waals surface area contributed by atoms with Gasteiger partial charge in [0.2, 0.25) is 0 Å². The van der Waals surface area contributed by atoms with Crippen LogP contribution in [0.2, 0.25) is 0 Å². The van der Waals surface area contributed by atoms with Gasteiger partial charge in [0, 0.05) is 11.8 Å². The highest BCUT2D eigenvalue weighted by atomic mass is 16.1. The Hall–Kier alpha value is -2.69. The van der Waals surface area contributed by atoms with Crippen LogP contribution in [-0.4, -0.2) is 20.5 Å². The van der Waals surface area contributed by atoms with Crippen molar-refractivity contribution in [3.63, 3.8) is 0 Å². The number of hydrogen-bond donors (Lipinski definition) is 1. The molecule has 0 aliphatic rings. The van der Waals surface area contributed by atoms with E-state index in [-0.39, 0.29) is 11.3 Å². The van der Waals surface area contributed by atoms with Crippen LogP contribution in [0.4, 0.5) is 5.69 Å². The van der Waals surface area contributed by atoms with Gasteiger partial charge in [-0.05, 0) is 35.2 Å². The summed E-state index contributed by atoms with van der Waals surface area (Å²) in [5.41, 5.74) is 3.37. The minimum absolute atomic E-state index is 0.0778. The van der Waals surface area contributed by atoms with Crippen LogP contribution in [0.5, 0.6) is 0 Å². The molecule has 0 bridgehead atoms. The number of rotatable bonds is 2. The number of nitrogens with zero attached hydrogens (tertiary/aromatic N) is 3. The van der Waals surface area contributed by atoms with Gasteiger partial charge in [0.25, 0.3) is 5.91 Å². The van der Waals surface area contributed by atoms with Gasteiger partial charge in [0.15, 0.2) is 5.65 Å². The van der Waals surface area contributed by atoms with Crippen molar-refractivity contribution in [2.45, 2.75) is 26.2 Å².